The van der Waals surface area contributed by atoms with Gasteiger partial charge in [-0.25, -0.2) is 4.98 Å². The molecule has 3 N–H and O–H groups in total. The van der Waals surface area contributed by atoms with E-state index in [-0.39, 0.29) is 24.1 Å². The highest BCUT2D eigenvalue weighted by molar-refractivity contribution is 7.11. The van der Waals surface area contributed by atoms with Crippen molar-refractivity contribution in [2.75, 3.05) is 19.6 Å². The molecule has 34 heavy (non-hydrogen) atoms. The summed E-state index contributed by atoms with van der Waals surface area (Å²) >= 11 is 1.53. The average molecular weight is 497 g/mol. The molecule has 2 heterocycles. The lowest BCUT2D eigenvalue weighted by Crippen LogP contribution is -2.63. The number of aromatic nitrogens is 1. The zero-order valence-corrected chi connectivity index (χ0v) is 19.5. The number of carbonyl (C=O) groups is 2. The summed E-state index contributed by atoms with van der Waals surface area (Å²) in [4.78, 5) is 31.7. The van der Waals surface area contributed by atoms with Crippen LogP contribution in [-0.4, -0.2) is 58.5 Å². The van der Waals surface area contributed by atoms with E-state index in [1.54, 1.807) is 6.20 Å². The first kappa shape index (κ1) is 24.6. The first-order chi connectivity index (χ1) is 16.0. The molecule has 1 aliphatic heterocycles. The Hall–Kier alpha value is -2.50. The van der Waals surface area contributed by atoms with E-state index >= 15 is 0 Å². The number of halogens is 3. The Morgan fingerprint density at radius 2 is 1.97 bits per heavy atom. The van der Waals surface area contributed by atoms with E-state index in [9.17, 15) is 27.9 Å². The minimum atomic E-state index is -4.54. The third-order valence-corrected chi connectivity index (χ3v) is 7.62. The van der Waals surface area contributed by atoms with Gasteiger partial charge in [0.05, 0.1) is 28.0 Å². The monoisotopic (exact) mass is 496 g/mol. The number of hydrogen-bond donors (Lipinski definition) is 3. The second kappa shape index (κ2) is 9.63. The van der Waals surface area contributed by atoms with Gasteiger partial charge in [-0.05, 0) is 50.8 Å². The van der Waals surface area contributed by atoms with Crippen molar-refractivity contribution in [3.8, 4) is 0 Å². The van der Waals surface area contributed by atoms with Crippen molar-refractivity contribution in [3.05, 3.63) is 51.5 Å². The number of likely N-dealkylation sites (tertiary alicyclic amines) is 1. The van der Waals surface area contributed by atoms with E-state index in [4.69, 9.17) is 0 Å². The molecular weight excluding hydrogens is 469 g/mol. The number of amides is 2. The maximum absolute atomic E-state index is 12.8. The lowest BCUT2D eigenvalue weighted by molar-refractivity contribution is -0.137. The summed E-state index contributed by atoms with van der Waals surface area (Å²) in [5.74, 6) is -1.12. The molecule has 11 heteroatoms. The van der Waals surface area contributed by atoms with Gasteiger partial charge in [0, 0.05) is 30.9 Å². The average Bonchev–Trinajstić information content (AvgIpc) is 3.22. The number of rotatable bonds is 6. The van der Waals surface area contributed by atoms with Crippen LogP contribution in [0.15, 0.2) is 30.5 Å². The standard InChI is InChI=1S/C23H27F3N4O3S/c1-14-27-10-19(34-14)22(33)7-5-18(6-8-22)30-12-17(13-30)29-20(31)11-28-21(32)15-3-2-4-16(9-15)23(24,25)26/h2-4,9-10,17-18,33H,5-8,11-13H2,1H3,(H,28,32)(H,29,31)/t18-,22-. The molecule has 2 aromatic rings. The van der Waals surface area contributed by atoms with Gasteiger partial charge in [0.25, 0.3) is 5.91 Å². The van der Waals surface area contributed by atoms with E-state index in [1.807, 2.05) is 6.92 Å². The van der Waals surface area contributed by atoms with Crippen LogP contribution in [0.3, 0.4) is 0 Å². The highest BCUT2D eigenvalue weighted by atomic mass is 32.1. The number of carbonyl (C=O) groups excluding carboxylic acids is 2. The molecule has 7 nitrogen and oxygen atoms in total. The number of benzene rings is 1. The van der Waals surface area contributed by atoms with Crippen LogP contribution in [0.5, 0.6) is 0 Å². The molecule has 1 saturated carbocycles. The highest BCUT2D eigenvalue weighted by Crippen LogP contribution is 2.41. The molecule has 0 atom stereocenters. The maximum Gasteiger partial charge on any atom is 0.416 e. The van der Waals surface area contributed by atoms with Crippen LogP contribution in [0.1, 0.15) is 51.5 Å². The predicted molar refractivity (Wildman–Crippen MR) is 120 cm³/mol. The van der Waals surface area contributed by atoms with E-state index in [2.05, 4.69) is 20.5 Å². The summed E-state index contributed by atoms with van der Waals surface area (Å²) < 4.78 is 38.4. The lowest BCUT2D eigenvalue weighted by Gasteiger charge is -2.48. The van der Waals surface area contributed by atoms with Gasteiger partial charge in [-0.2, -0.15) is 13.2 Å². The first-order valence-electron chi connectivity index (χ1n) is 11.2. The number of aliphatic hydroxyl groups is 1. The topological polar surface area (TPSA) is 94.6 Å². The molecule has 1 saturated heterocycles. The summed E-state index contributed by atoms with van der Waals surface area (Å²) in [7, 11) is 0. The van der Waals surface area contributed by atoms with Crippen molar-refractivity contribution in [1.82, 2.24) is 20.5 Å². The second-order valence-electron chi connectivity index (χ2n) is 8.99. The Balaban J connectivity index is 1.17. The minimum absolute atomic E-state index is 0.0390. The van der Waals surface area contributed by atoms with E-state index < -0.39 is 23.2 Å². The maximum atomic E-state index is 12.8. The molecule has 184 valence electrons. The van der Waals surface area contributed by atoms with Crippen LogP contribution >= 0.6 is 11.3 Å². The van der Waals surface area contributed by atoms with Crippen LogP contribution in [0.4, 0.5) is 13.2 Å². The van der Waals surface area contributed by atoms with Gasteiger partial charge in [-0.3, -0.25) is 14.5 Å². The molecule has 0 spiro atoms. The largest absolute Gasteiger partial charge is 0.416 e. The van der Waals surface area contributed by atoms with Crippen LogP contribution in [-0.2, 0) is 16.6 Å². The number of hydrogen-bond acceptors (Lipinski definition) is 6. The second-order valence-corrected chi connectivity index (χ2v) is 10.2. The quantitative estimate of drug-likeness (QED) is 0.572. The van der Waals surface area contributed by atoms with E-state index in [1.165, 1.54) is 17.4 Å². The van der Waals surface area contributed by atoms with E-state index in [0.717, 1.165) is 40.9 Å². The molecule has 0 unspecified atom stereocenters. The number of aryl methyl sites for hydroxylation is 1. The zero-order valence-electron chi connectivity index (χ0n) is 18.7. The fourth-order valence-electron chi connectivity index (χ4n) is 4.55. The third kappa shape index (κ3) is 5.59. The van der Waals surface area contributed by atoms with Crippen LogP contribution in [0.2, 0.25) is 0 Å². The smallest absolute Gasteiger partial charge is 0.384 e. The summed E-state index contributed by atoms with van der Waals surface area (Å²) in [5.41, 5.74) is -1.87. The first-order valence-corrected chi connectivity index (χ1v) is 12.0. The van der Waals surface area contributed by atoms with Crippen LogP contribution in [0.25, 0.3) is 0 Å². The number of thiazole rings is 1. The zero-order chi connectivity index (χ0) is 24.5. The fourth-order valence-corrected chi connectivity index (χ4v) is 5.47. The molecule has 1 aromatic heterocycles. The summed E-state index contributed by atoms with van der Waals surface area (Å²) in [6.07, 6.45) is 0.299. The molecule has 2 aliphatic rings. The highest BCUT2D eigenvalue weighted by Gasteiger charge is 2.41. The van der Waals surface area contributed by atoms with E-state index in [0.29, 0.717) is 32.0 Å². The fraction of sp³-hybridized carbons (Fsp3) is 0.522. The van der Waals surface area contributed by atoms with Crippen molar-refractivity contribution < 1.29 is 27.9 Å². The van der Waals surface area contributed by atoms with Crippen LogP contribution < -0.4 is 10.6 Å². The summed E-state index contributed by atoms with van der Waals surface area (Å²) in [5, 5.41) is 17.1. The predicted octanol–water partition coefficient (Wildman–Crippen LogP) is 2.83. The Bertz CT molecular complexity index is 1040. The number of alkyl halides is 3. The minimum Gasteiger partial charge on any atom is -0.384 e. The molecule has 4 rings (SSSR count). The van der Waals surface area contributed by atoms with Gasteiger partial charge in [0.1, 0.15) is 5.60 Å². The Kier molecular flexibility index (Phi) is 6.97. The van der Waals surface area contributed by atoms with Gasteiger partial charge < -0.3 is 15.7 Å². The third-order valence-electron chi connectivity index (χ3n) is 6.52. The van der Waals surface area contributed by atoms with Gasteiger partial charge in [-0.15, -0.1) is 11.3 Å². The Labute approximate surface area is 199 Å². The Morgan fingerprint density at radius 3 is 2.59 bits per heavy atom. The molecule has 0 radical (unpaired) electrons. The molecule has 2 fully saturated rings. The molecule has 0 bridgehead atoms. The number of nitrogens with one attached hydrogen (secondary N) is 2. The summed E-state index contributed by atoms with van der Waals surface area (Å²) in [6, 6.07) is 4.39. The van der Waals surface area contributed by atoms with Gasteiger partial charge in [0.2, 0.25) is 5.91 Å². The summed E-state index contributed by atoms with van der Waals surface area (Å²) in [6.45, 7) is 3.00. The normalized spacial score (nSPS) is 23.9. The SMILES string of the molecule is Cc1ncc([C@]2(O)CC[C@H](N3CC(NC(=O)CNC(=O)c4cccc(C(F)(F)F)c4)C3)CC2)s1. The van der Waals surface area contributed by atoms with Crippen molar-refractivity contribution >= 4 is 23.2 Å². The van der Waals surface area contributed by atoms with Crippen molar-refractivity contribution in [2.24, 2.45) is 0 Å². The van der Waals surface area contributed by atoms with Crippen molar-refractivity contribution in [1.29, 1.82) is 0 Å². The van der Waals surface area contributed by atoms with Gasteiger partial charge in [-0.1, -0.05) is 6.07 Å². The number of nitrogens with zero attached hydrogens (tertiary/aromatic N) is 2. The van der Waals surface area contributed by atoms with Crippen molar-refractivity contribution in [3.63, 3.8) is 0 Å². The molecule has 2 amide bonds. The van der Waals surface area contributed by atoms with Gasteiger partial charge in [0.15, 0.2) is 0 Å². The molecule has 1 aromatic carbocycles. The van der Waals surface area contributed by atoms with Crippen LogP contribution in [0, 0.1) is 6.92 Å². The molecular formula is C23H27F3N4O3S. The Morgan fingerprint density at radius 1 is 1.26 bits per heavy atom. The molecule has 1 aliphatic carbocycles. The van der Waals surface area contributed by atoms with Gasteiger partial charge >= 0.3 is 6.18 Å². The van der Waals surface area contributed by atoms with Crippen molar-refractivity contribution in [2.45, 2.75) is 56.5 Å². The lowest BCUT2D eigenvalue weighted by atomic mass is 9.80.